The predicted molar refractivity (Wildman–Crippen MR) is 81.1 cm³/mol. The van der Waals surface area contributed by atoms with Gasteiger partial charge in [0.05, 0.1) is 12.7 Å². The zero-order valence-electron chi connectivity index (χ0n) is 13.1. The molecule has 3 fully saturated rings. The molecule has 2 saturated heterocycles. The Morgan fingerprint density at radius 2 is 1.76 bits per heavy atom. The Labute approximate surface area is 128 Å². The van der Waals surface area contributed by atoms with Gasteiger partial charge in [0.25, 0.3) is 0 Å². The zero-order chi connectivity index (χ0) is 14.5. The Bertz CT molecular complexity index is 335. The van der Waals surface area contributed by atoms with Crippen molar-refractivity contribution < 1.29 is 14.3 Å². The fraction of sp³-hybridized carbons (Fsp3) is 0.941. The van der Waals surface area contributed by atoms with Crippen molar-refractivity contribution in [2.45, 2.75) is 57.5 Å². The van der Waals surface area contributed by atoms with Crippen LogP contribution in [-0.2, 0) is 14.3 Å². The van der Waals surface area contributed by atoms with Crippen molar-refractivity contribution in [2.75, 3.05) is 32.9 Å². The van der Waals surface area contributed by atoms with Crippen molar-refractivity contribution in [1.29, 1.82) is 0 Å². The summed E-state index contributed by atoms with van der Waals surface area (Å²) >= 11 is 0. The average Bonchev–Trinajstić information content (AvgIpc) is 2.56. The lowest BCUT2D eigenvalue weighted by Gasteiger charge is -2.37. The largest absolute Gasteiger partial charge is 0.381 e. The van der Waals surface area contributed by atoms with E-state index in [1.807, 2.05) is 0 Å². The Kier molecular flexibility index (Phi) is 5.53. The quantitative estimate of drug-likeness (QED) is 0.803. The third-order valence-corrected chi connectivity index (χ3v) is 5.34. The maximum atomic E-state index is 12.6. The van der Waals surface area contributed by atoms with Crippen molar-refractivity contribution in [3.63, 3.8) is 0 Å². The summed E-state index contributed by atoms with van der Waals surface area (Å²) in [5.41, 5.74) is 0. The lowest BCUT2D eigenvalue weighted by atomic mass is 9.85. The molecule has 2 aliphatic heterocycles. The molecule has 1 saturated carbocycles. The van der Waals surface area contributed by atoms with E-state index >= 15 is 0 Å². The van der Waals surface area contributed by atoms with Crippen LogP contribution in [0.4, 0.5) is 0 Å². The lowest BCUT2D eigenvalue weighted by Crippen LogP contribution is -2.49. The van der Waals surface area contributed by atoms with Gasteiger partial charge < -0.3 is 14.4 Å². The topological polar surface area (TPSA) is 38.8 Å². The van der Waals surface area contributed by atoms with Crippen LogP contribution >= 0.6 is 0 Å². The second kappa shape index (κ2) is 7.59. The van der Waals surface area contributed by atoms with Crippen LogP contribution in [0, 0.1) is 11.8 Å². The minimum absolute atomic E-state index is 0.187. The molecule has 0 bridgehead atoms. The van der Waals surface area contributed by atoms with Gasteiger partial charge in [-0.1, -0.05) is 32.1 Å². The van der Waals surface area contributed by atoms with Crippen LogP contribution < -0.4 is 0 Å². The molecule has 21 heavy (non-hydrogen) atoms. The van der Waals surface area contributed by atoms with Gasteiger partial charge in [0, 0.05) is 32.2 Å². The van der Waals surface area contributed by atoms with Crippen LogP contribution in [0.15, 0.2) is 0 Å². The molecule has 0 spiro atoms. The molecule has 0 N–H and O–H groups in total. The fourth-order valence-electron chi connectivity index (χ4n) is 4.06. The van der Waals surface area contributed by atoms with E-state index < -0.39 is 0 Å². The molecule has 1 amide bonds. The molecule has 4 nitrogen and oxygen atoms in total. The van der Waals surface area contributed by atoms with Gasteiger partial charge in [-0.15, -0.1) is 0 Å². The Hall–Kier alpha value is -0.610. The van der Waals surface area contributed by atoms with Gasteiger partial charge in [-0.05, 0) is 25.2 Å². The first-order valence-corrected chi connectivity index (χ1v) is 8.81. The summed E-state index contributed by atoms with van der Waals surface area (Å²) in [6.07, 6.45) is 10.1. The van der Waals surface area contributed by atoms with Crippen LogP contribution in [0.5, 0.6) is 0 Å². The van der Waals surface area contributed by atoms with Crippen molar-refractivity contribution in [1.82, 2.24) is 4.90 Å². The standard InChI is InChI=1S/C17H29NO3/c19-17(15-6-9-20-10-7-15)18-8-11-21-16(13-18)12-14-4-2-1-3-5-14/h14-16H,1-13H2/t16-/m0/s1. The molecule has 0 unspecified atom stereocenters. The molecule has 1 aliphatic carbocycles. The van der Waals surface area contributed by atoms with Crippen molar-refractivity contribution >= 4 is 5.91 Å². The molecular weight excluding hydrogens is 266 g/mol. The predicted octanol–water partition coefficient (Wildman–Crippen LogP) is 2.61. The summed E-state index contributed by atoms with van der Waals surface area (Å²) in [5, 5.41) is 0. The summed E-state index contributed by atoms with van der Waals surface area (Å²) < 4.78 is 11.3. The van der Waals surface area contributed by atoms with E-state index in [1.165, 1.54) is 32.1 Å². The van der Waals surface area contributed by atoms with Crippen LogP contribution in [0.1, 0.15) is 51.4 Å². The SMILES string of the molecule is O=C(C1CCOCC1)N1CCO[C@@H](CC2CCCCC2)C1. The number of carbonyl (C=O) groups excluding carboxylic acids is 1. The molecule has 1 atom stereocenters. The number of hydrogen-bond acceptors (Lipinski definition) is 3. The molecule has 120 valence electrons. The molecule has 0 radical (unpaired) electrons. The van der Waals surface area contributed by atoms with Gasteiger partial charge in [0.2, 0.25) is 5.91 Å². The summed E-state index contributed by atoms with van der Waals surface area (Å²) in [6.45, 7) is 3.79. The normalized spacial score (nSPS) is 29.5. The highest BCUT2D eigenvalue weighted by Crippen LogP contribution is 2.29. The first-order chi connectivity index (χ1) is 10.3. The van der Waals surface area contributed by atoms with Gasteiger partial charge in [-0.3, -0.25) is 4.79 Å². The summed E-state index contributed by atoms with van der Waals surface area (Å²) in [6, 6.07) is 0. The fourth-order valence-corrected chi connectivity index (χ4v) is 4.06. The summed E-state index contributed by atoms with van der Waals surface area (Å²) in [4.78, 5) is 14.7. The summed E-state index contributed by atoms with van der Waals surface area (Å²) in [7, 11) is 0. The van der Waals surface area contributed by atoms with Crippen LogP contribution in [0.3, 0.4) is 0 Å². The maximum absolute atomic E-state index is 12.6. The van der Waals surface area contributed by atoms with Crippen LogP contribution in [-0.4, -0.2) is 49.8 Å². The van der Waals surface area contributed by atoms with Crippen molar-refractivity contribution in [3.8, 4) is 0 Å². The Morgan fingerprint density at radius 3 is 2.52 bits per heavy atom. The number of rotatable bonds is 3. The number of morpholine rings is 1. The van der Waals surface area contributed by atoms with Gasteiger partial charge in [-0.25, -0.2) is 0 Å². The first kappa shape index (κ1) is 15.3. The van der Waals surface area contributed by atoms with Crippen molar-refractivity contribution in [3.05, 3.63) is 0 Å². The van der Waals surface area contributed by atoms with E-state index in [0.29, 0.717) is 12.5 Å². The lowest BCUT2D eigenvalue weighted by molar-refractivity contribution is -0.146. The van der Waals surface area contributed by atoms with Crippen LogP contribution in [0.2, 0.25) is 0 Å². The second-order valence-electron chi connectivity index (χ2n) is 6.90. The van der Waals surface area contributed by atoms with E-state index in [2.05, 4.69) is 4.90 Å². The van der Waals surface area contributed by atoms with Crippen LogP contribution in [0.25, 0.3) is 0 Å². The van der Waals surface area contributed by atoms with E-state index in [4.69, 9.17) is 9.47 Å². The molecule has 0 aromatic carbocycles. The number of nitrogens with zero attached hydrogens (tertiary/aromatic N) is 1. The van der Waals surface area contributed by atoms with Gasteiger partial charge >= 0.3 is 0 Å². The number of hydrogen-bond donors (Lipinski definition) is 0. The molecule has 2 heterocycles. The number of amides is 1. The maximum Gasteiger partial charge on any atom is 0.226 e. The molecular formula is C17H29NO3. The van der Waals surface area contributed by atoms with E-state index in [0.717, 1.165) is 51.5 Å². The van der Waals surface area contributed by atoms with Crippen molar-refractivity contribution in [2.24, 2.45) is 11.8 Å². The smallest absolute Gasteiger partial charge is 0.226 e. The molecule has 3 aliphatic rings. The molecule has 0 aromatic heterocycles. The third kappa shape index (κ3) is 4.19. The minimum Gasteiger partial charge on any atom is -0.381 e. The van der Waals surface area contributed by atoms with Gasteiger partial charge in [0.15, 0.2) is 0 Å². The zero-order valence-corrected chi connectivity index (χ0v) is 13.1. The number of carbonyl (C=O) groups is 1. The first-order valence-electron chi connectivity index (χ1n) is 8.81. The summed E-state index contributed by atoms with van der Waals surface area (Å²) in [5.74, 6) is 1.35. The number of ether oxygens (including phenoxy) is 2. The molecule has 0 aromatic rings. The molecule has 4 heteroatoms. The second-order valence-corrected chi connectivity index (χ2v) is 6.90. The van der Waals surface area contributed by atoms with Gasteiger partial charge in [0.1, 0.15) is 0 Å². The van der Waals surface area contributed by atoms with E-state index in [9.17, 15) is 4.79 Å². The highest BCUT2D eigenvalue weighted by Gasteiger charge is 2.31. The third-order valence-electron chi connectivity index (χ3n) is 5.34. The van der Waals surface area contributed by atoms with E-state index in [-0.39, 0.29) is 12.0 Å². The highest BCUT2D eigenvalue weighted by atomic mass is 16.5. The monoisotopic (exact) mass is 295 g/mol. The molecule has 3 rings (SSSR count). The Balaban J connectivity index is 1.48. The van der Waals surface area contributed by atoms with E-state index in [1.54, 1.807) is 0 Å². The highest BCUT2D eigenvalue weighted by molar-refractivity contribution is 5.79. The minimum atomic E-state index is 0.187. The van der Waals surface area contributed by atoms with Gasteiger partial charge in [-0.2, -0.15) is 0 Å². The average molecular weight is 295 g/mol. The Morgan fingerprint density at radius 1 is 1.00 bits per heavy atom.